The summed E-state index contributed by atoms with van der Waals surface area (Å²) in [7, 11) is 0. The molecule has 0 spiro atoms. The average Bonchev–Trinajstić information content (AvgIpc) is 2.99. The quantitative estimate of drug-likeness (QED) is 0.0590. The highest BCUT2D eigenvalue weighted by molar-refractivity contribution is 5.81. The van der Waals surface area contributed by atoms with Gasteiger partial charge in [0, 0.05) is 36.0 Å². The van der Waals surface area contributed by atoms with Gasteiger partial charge in [-0.15, -0.1) is 0 Å². The molecule has 0 bridgehead atoms. The Bertz CT molecular complexity index is 1370. The van der Waals surface area contributed by atoms with Crippen LogP contribution < -0.4 is 4.90 Å². The lowest BCUT2D eigenvalue weighted by molar-refractivity contribution is -0.137. The Hall–Kier alpha value is -4.83. The van der Waals surface area contributed by atoms with Crippen LogP contribution in [0.15, 0.2) is 129 Å². The van der Waals surface area contributed by atoms with Crippen LogP contribution in [0.3, 0.4) is 0 Å². The van der Waals surface area contributed by atoms with E-state index in [4.69, 9.17) is 9.47 Å². The summed E-state index contributed by atoms with van der Waals surface area (Å²) in [5, 5.41) is 0. The molecule has 0 saturated carbocycles. The van der Waals surface area contributed by atoms with E-state index in [0.717, 1.165) is 34.6 Å². The Morgan fingerprint density at radius 3 is 1.64 bits per heavy atom. The van der Waals surface area contributed by atoms with E-state index in [1.165, 1.54) is 23.5 Å². The van der Waals surface area contributed by atoms with E-state index in [1.807, 2.05) is 18.2 Å². The maximum atomic E-state index is 11.3. The number of esters is 1. The molecule has 0 heterocycles. The first kappa shape index (κ1) is 27.2. The second-order valence-corrected chi connectivity index (χ2v) is 8.91. The molecule has 4 aromatic rings. The lowest BCUT2D eigenvalue weighted by Crippen LogP contribution is -2.10. The maximum absolute atomic E-state index is 11.3. The van der Waals surface area contributed by atoms with Gasteiger partial charge in [0.05, 0.1) is 19.5 Å². The first-order chi connectivity index (χ1) is 19.2. The van der Waals surface area contributed by atoms with Crippen LogP contribution >= 0.6 is 0 Å². The summed E-state index contributed by atoms with van der Waals surface area (Å²) < 4.78 is 10.4. The van der Waals surface area contributed by atoms with Crippen LogP contribution in [0.4, 0.5) is 17.1 Å². The standard InChI is InChI=1S/C35H33NO3/c1-3-35(37)39-27-25-31-16-22-34(23-17-31)36(33-20-14-30(15-21-33)24-26-38-4-2)32-18-12-29(13-19-32)11-10-28-8-6-5-7-9-28/h3-23H,1-2,24-27H2. The predicted molar refractivity (Wildman–Crippen MR) is 161 cm³/mol. The Balaban J connectivity index is 1.57. The molecule has 0 aliphatic heterocycles. The summed E-state index contributed by atoms with van der Waals surface area (Å²) in [4.78, 5) is 13.6. The number of benzene rings is 4. The summed E-state index contributed by atoms with van der Waals surface area (Å²) >= 11 is 0. The van der Waals surface area contributed by atoms with Crippen LogP contribution in [0.2, 0.25) is 0 Å². The van der Waals surface area contributed by atoms with E-state index in [9.17, 15) is 4.79 Å². The number of nitrogens with zero attached hydrogens (tertiary/aromatic N) is 1. The summed E-state index contributed by atoms with van der Waals surface area (Å²) in [6.07, 6.45) is 8.36. The van der Waals surface area contributed by atoms with Gasteiger partial charge >= 0.3 is 5.97 Å². The smallest absolute Gasteiger partial charge is 0.330 e. The van der Waals surface area contributed by atoms with Crippen LogP contribution in [0.1, 0.15) is 22.3 Å². The maximum Gasteiger partial charge on any atom is 0.330 e. The molecule has 4 nitrogen and oxygen atoms in total. The van der Waals surface area contributed by atoms with Crippen LogP contribution in [0, 0.1) is 0 Å². The third-order valence-electron chi connectivity index (χ3n) is 6.24. The van der Waals surface area contributed by atoms with Gasteiger partial charge in [0.15, 0.2) is 0 Å². The second kappa shape index (κ2) is 14.2. The highest BCUT2D eigenvalue weighted by Crippen LogP contribution is 2.35. The van der Waals surface area contributed by atoms with Gasteiger partial charge in [-0.25, -0.2) is 4.79 Å². The van der Waals surface area contributed by atoms with Gasteiger partial charge in [-0.3, -0.25) is 0 Å². The number of carbonyl (C=O) groups excluding carboxylic acids is 1. The number of hydrogen-bond donors (Lipinski definition) is 0. The molecule has 0 saturated heterocycles. The summed E-state index contributed by atoms with van der Waals surface area (Å²) in [5.74, 6) is -0.403. The molecule has 0 fully saturated rings. The van der Waals surface area contributed by atoms with Crippen molar-refractivity contribution in [2.45, 2.75) is 12.8 Å². The van der Waals surface area contributed by atoms with E-state index >= 15 is 0 Å². The molecule has 196 valence electrons. The van der Waals surface area contributed by atoms with Crippen molar-refractivity contribution < 1.29 is 14.3 Å². The lowest BCUT2D eigenvalue weighted by atomic mass is 10.1. The number of carbonyl (C=O) groups is 1. The van der Waals surface area contributed by atoms with Crippen LogP contribution in [0.25, 0.3) is 12.2 Å². The number of ether oxygens (including phenoxy) is 2. The molecule has 0 radical (unpaired) electrons. The number of hydrogen-bond acceptors (Lipinski definition) is 4. The molecule has 39 heavy (non-hydrogen) atoms. The molecule has 4 aromatic carbocycles. The van der Waals surface area contributed by atoms with Gasteiger partial charge in [-0.1, -0.05) is 92.0 Å². The highest BCUT2D eigenvalue weighted by Gasteiger charge is 2.13. The van der Waals surface area contributed by atoms with Gasteiger partial charge < -0.3 is 14.4 Å². The molecule has 0 unspecified atom stereocenters. The molecule has 0 aliphatic carbocycles. The molecule has 0 aromatic heterocycles. The Morgan fingerprint density at radius 1 is 0.641 bits per heavy atom. The minimum atomic E-state index is -0.403. The Morgan fingerprint density at radius 2 is 1.13 bits per heavy atom. The Kier molecular flexibility index (Phi) is 9.91. The molecule has 0 N–H and O–H groups in total. The SMILES string of the molecule is C=COCCc1ccc(N(c2ccc(C=Cc3ccccc3)cc2)c2ccc(CCOC(=O)C=C)cc2)cc1. The molecule has 4 heteroatoms. The highest BCUT2D eigenvalue weighted by atomic mass is 16.5. The monoisotopic (exact) mass is 515 g/mol. The van der Waals surface area contributed by atoms with Crippen molar-refractivity contribution in [2.24, 2.45) is 0 Å². The van der Waals surface area contributed by atoms with E-state index < -0.39 is 5.97 Å². The zero-order valence-corrected chi connectivity index (χ0v) is 22.0. The second-order valence-electron chi connectivity index (χ2n) is 8.91. The van der Waals surface area contributed by atoms with Crippen molar-refractivity contribution in [1.82, 2.24) is 0 Å². The molecular formula is C35H33NO3. The lowest BCUT2D eigenvalue weighted by Gasteiger charge is -2.26. The average molecular weight is 516 g/mol. The first-order valence-electron chi connectivity index (χ1n) is 13.0. The summed E-state index contributed by atoms with van der Waals surface area (Å²) in [5.41, 5.74) is 7.75. The van der Waals surface area contributed by atoms with Crippen molar-refractivity contribution in [1.29, 1.82) is 0 Å². The minimum Gasteiger partial charge on any atom is -0.501 e. The third kappa shape index (κ3) is 8.08. The number of rotatable bonds is 13. The molecular weight excluding hydrogens is 482 g/mol. The van der Waals surface area contributed by atoms with Crippen LogP contribution in [0.5, 0.6) is 0 Å². The topological polar surface area (TPSA) is 38.8 Å². The van der Waals surface area contributed by atoms with Gasteiger partial charge in [0.2, 0.25) is 0 Å². The fourth-order valence-electron chi connectivity index (χ4n) is 4.15. The van der Waals surface area contributed by atoms with Gasteiger partial charge in [-0.2, -0.15) is 0 Å². The van der Waals surface area contributed by atoms with Crippen molar-refractivity contribution in [3.63, 3.8) is 0 Å². The van der Waals surface area contributed by atoms with E-state index in [-0.39, 0.29) is 0 Å². The zero-order valence-electron chi connectivity index (χ0n) is 22.0. The molecule has 4 rings (SSSR count). The fourth-order valence-corrected chi connectivity index (χ4v) is 4.15. The summed E-state index contributed by atoms with van der Waals surface area (Å²) in [6, 6.07) is 35.7. The largest absolute Gasteiger partial charge is 0.501 e. The van der Waals surface area contributed by atoms with Crippen LogP contribution in [-0.2, 0) is 27.1 Å². The van der Waals surface area contributed by atoms with E-state index in [0.29, 0.717) is 19.6 Å². The van der Waals surface area contributed by atoms with Gasteiger partial charge in [0.25, 0.3) is 0 Å². The first-order valence-corrected chi connectivity index (χ1v) is 13.0. The van der Waals surface area contributed by atoms with Crippen molar-refractivity contribution in [3.8, 4) is 0 Å². The van der Waals surface area contributed by atoms with E-state index in [2.05, 4.69) is 115 Å². The molecule has 0 atom stereocenters. The molecule has 0 amide bonds. The zero-order chi connectivity index (χ0) is 27.3. The van der Waals surface area contributed by atoms with Crippen molar-refractivity contribution in [2.75, 3.05) is 18.1 Å². The minimum absolute atomic E-state index is 0.322. The van der Waals surface area contributed by atoms with Gasteiger partial charge in [-0.05, 0) is 58.7 Å². The Labute approximate surface area is 231 Å². The normalized spacial score (nSPS) is 10.7. The molecule has 0 aliphatic rings. The number of anilines is 3. The van der Waals surface area contributed by atoms with E-state index in [1.54, 1.807) is 0 Å². The van der Waals surface area contributed by atoms with Crippen molar-refractivity contribution in [3.05, 3.63) is 151 Å². The van der Waals surface area contributed by atoms with Crippen LogP contribution in [-0.4, -0.2) is 19.2 Å². The van der Waals surface area contributed by atoms with Crippen molar-refractivity contribution >= 4 is 35.2 Å². The van der Waals surface area contributed by atoms with Gasteiger partial charge in [0.1, 0.15) is 0 Å². The summed E-state index contributed by atoms with van der Waals surface area (Å²) in [6.45, 7) is 7.97. The predicted octanol–water partition coefficient (Wildman–Crippen LogP) is 8.30. The fraction of sp³-hybridized carbons (Fsp3) is 0.114. The third-order valence-corrected chi connectivity index (χ3v) is 6.24.